The molecule has 0 aromatic heterocycles. The molecule has 0 spiro atoms. The number of hydrogen-bond donors (Lipinski definition) is 3. The molecule has 3 fully saturated rings. The summed E-state index contributed by atoms with van der Waals surface area (Å²) < 4.78 is 11.6. The molecule has 7 atom stereocenters. The smallest absolute Gasteiger partial charge is 0.184 e. The number of ether oxygens (including phenoxy) is 2. The Morgan fingerprint density at radius 3 is 2.89 bits per heavy atom. The molecule has 36 heavy (non-hydrogen) atoms. The number of thiocarbonyl (C=S) groups is 1. The first kappa shape index (κ1) is 24.1. The summed E-state index contributed by atoms with van der Waals surface area (Å²) in [6.45, 7) is 4.48. The van der Waals surface area contributed by atoms with E-state index < -0.39 is 5.60 Å². The van der Waals surface area contributed by atoms with Crippen molar-refractivity contribution >= 4 is 23.0 Å². The van der Waals surface area contributed by atoms with Crippen LogP contribution in [0.5, 0.6) is 0 Å². The molecule has 7 heteroatoms. The molecule has 6 aliphatic rings. The third-order valence-corrected chi connectivity index (χ3v) is 9.72. The van der Waals surface area contributed by atoms with E-state index in [1.807, 2.05) is 6.92 Å². The summed E-state index contributed by atoms with van der Waals surface area (Å²) in [7, 11) is 0. The Morgan fingerprint density at radius 2 is 2.08 bits per heavy atom. The Morgan fingerprint density at radius 1 is 1.25 bits per heavy atom. The normalized spacial score (nSPS) is 41.9. The standard InChI is InChI=1S/C29H35N3O3S/c1-3-11-29(33)12-10-23-21-7-4-17-13-19(31-32-27(30)36)6-8-20(17)26(21)22(15-28(23,29)2)18-5-9-24-25(14-18)35-16-34-24/h5,9,13-14,21-25,33H,4,6-8,10,12,15-16H2,1-2H3,(H3,30,32,36)/t21-,22+,23-,24?,25?,28-,29-/m0/s1. The van der Waals surface area contributed by atoms with E-state index in [0.29, 0.717) is 18.6 Å². The van der Waals surface area contributed by atoms with Crippen molar-refractivity contribution in [2.24, 2.45) is 34.0 Å². The van der Waals surface area contributed by atoms with Crippen LogP contribution in [-0.2, 0) is 9.47 Å². The van der Waals surface area contributed by atoms with Crippen molar-refractivity contribution in [3.63, 3.8) is 0 Å². The monoisotopic (exact) mass is 505 g/mol. The number of allylic oxidation sites excluding steroid dienone is 6. The fourth-order valence-corrected chi connectivity index (χ4v) is 8.03. The van der Waals surface area contributed by atoms with Gasteiger partial charge in [-0.1, -0.05) is 30.6 Å². The minimum atomic E-state index is -0.940. The minimum absolute atomic E-state index is 0.000108. The molecule has 1 heterocycles. The molecule has 0 radical (unpaired) electrons. The SMILES string of the molecule is CC#C[C@]1(O)CC[C@H]2[C@@H]3CCC4=CC(=NNC(N)=S)CCC4=C3[C@@H](C3=CC4OCOC4C=C3)C[C@@]21C. The van der Waals surface area contributed by atoms with Crippen LogP contribution in [0.15, 0.2) is 51.7 Å². The van der Waals surface area contributed by atoms with Crippen LogP contribution in [0.3, 0.4) is 0 Å². The first-order valence-electron chi connectivity index (χ1n) is 13.2. The summed E-state index contributed by atoms with van der Waals surface area (Å²) in [5.41, 5.74) is 13.9. The summed E-state index contributed by atoms with van der Waals surface area (Å²) in [6, 6.07) is 0. The quantitative estimate of drug-likeness (QED) is 0.298. The number of rotatable bonds is 2. The van der Waals surface area contributed by atoms with Crippen LogP contribution in [0.4, 0.5) is 0 Å². The first-order chi connectivity index (χ1) is 17.3. The van der Waals surface area contributed by atoms with Crippen molar-refractivity contribution in [1.82, 2.24) is 5.43 Å². The van der Waals surface area contributed by atoms with Gasteiger partial charge in [0.1, 0.15) is 24.6 Å². The van der Waals surface area contributed by atoms with E-state index in [0.717, 1.165) is 50.7 Å². The van der Waals surface area contributed by atoms with E-state index in [-0.39, 0.29) is 28.7 Å². The lowest BCUT2D eigenvalue weighted by Gasteiger charge is -2.54. The van der Waals surface area contributed by atoms with Crippen LogP contribution in [0.1, 0.15) is 58.8 Å². The Hall–Kier alpha value is -2.24. The van der Waals surface area contributed by atoms with Gasteiger partial charge in [-0.05, 0) is 105 Å². The maximum absolute atomic E-state index is 11.8. The Kier molecular flexibility index (Phi) is 6.00. The zero-order valence-corrected chi connectivity index (χ0v) is 21.9. The van der Waals surface area contributed by atoms with E-state index in [2.05, 4.69) is 53.6 Å². The molecule has 0 aromatic carbocycles. The summed E-state index contributed by atoms with van der Waals surface area (Å²) in [5, 5.41) is 16.5. The van der Waals surface area contributed by atoms with E-state index in [1.54, 1.807) is 5.57 Å². The van der Waals surface area contributed by atoms with Gasteiger partial charge in [0.05, 0.1) is 5.71 Å². The molecule has 4 N–H and O–H groups in total. The van der Waals surface area contributed by atoms with Crippen LogP contribution in [0, 0.1) is 35.0 Å². The van der Waals surface area contributed by atoms with Crippen molar-refractivity contribution in [2.75, 3.05) is 6.79 Å². The largest absolute Gasteiger partial charge is 0.377 e. The maximum atomic E-state index is 11.8. The molecule has 2 saturated carbocycles. The van der Waals surface area contributed by atoms with Crippen LogP contribution >= 0.6 is 12.2 Å². The fourth-order valence-electron chi connectivity index (χ4n) is 7.98. The molecule has 190 valence electrons. The fraction of sp³-hybridized carbons (Fsp3) is 0.586. The maximum Gasteiger partial charge on any atom is 0.184 e. The second-order valence-electron chi connectivity index (χ2n) is 11.3. The molecule has 0 amide bonds. The molecule has 1 aliphatic heterocycles. The number of hydrazone groups is 1. The van der Waals surface area contributed by atoms with Gasteiger partial charge >= 0.3 is 0 Å². The average Bonchev–Trinajstić information content (AvgIpc) is 3.43. The van der Waals surface area contributed by atoms with Gasteiger partial charge in [-0.25, -0.2) is 0 Å². The lowest BCUT2D eigenvalue weighted by molar-refractivity contribution is -0.0551. The second-order valence-corrected chi connectivity index (χ2v) is 11.7. The highest BCUT2D eigenvalue weighted by molar-refractivity contribution is 7.80. The van der Waals surface area contributed by atoms with Gasteiger partial charge in [0.2, 0.25) is 0 Å². The number of nitrogens with one attached hydrogen (secondary N) is 1. The van der Waals surface area contributed by atoms with Crippen LogP contribution in [0.25, 0.3) is 0 Å². The van der Waals surface area contributed by atoms with E-state index in [4.69, 9.17) is 27.4 Å². The third kappa shape index (κ3) is 3.73. The predicted molar refractivity (Wildman–Crippen MR) is 144 cm³/mol. The van der Waals surface area contributed by atoms with E-state index in [1.165, 1.54) is 16.7 Å². The van der Waals surface area contributed by atoms with Crippen LogP contribution in [-0.4, -0.2) is 40.5 Å². The van der Waals surface area contributed by atoms with Gasteiger partial charge in [-0.15, -0.1) is 5.92 Å². The van der Waals surface area contributed by atoms with Crippen molar-refractivity contribution < 1.29 is 14.6 Å². The summed E-state index contributed by atoms with van der Waals surface area (Å²) >= 11 is 4.93. The van der Waals surface area contributed by atoms with E-state index in [9.17, 15) is 5.11 Å². The summed E-state index contributed by atoms with van der Waals surface area (Å²) in [6.07, 6.45) is 15.5. The topological polar surface area (TPSA) is 89.1 Å². The van der Waals surface area contributed by atoms with E-state index >= 15 is 0 Å². The summed E-state index contributed by atoms with van der Waals surface area (Å²) in [4.78, 5) is 0. The Labute approximate surface area is 218 Å². The number of hydrogen-bond acceptors (Lipinski definition) is 5. The van der Waals surface area contributed by atoms with Crippen molar-refractivity contribution in [2.45, 2.75) is 76.6 Å². The number of aliphatic hydroxyl groups is 1. The van der Waals surface area contributed by atoms with Gasteiger partial charge in [0.15, 0.2) is 5.11 Å². The van der Waals surface area contributed by atoms with Crippen molar-refractivity contribution in [3.8, 4) is 11.8 Å². The van der Waals surface area contributed by atoms with Gasteiger partial charge in [0, 0.05) is 11.3 Å². The van der Waals surface area contributed by atoms with Gasteiger partial charge in [-0.3, -0.25) is 5.43 Å². The van der Waals surface area contributed by atoms with Crippen LogP contribution < -0.4 is 11.2 Å². The Bertz CT molecular complexity index is 1200. The summed E-state index contributed by atoms with van der Waals surface area (Å²) in [5.74, 6) is 7.42. The number of nitrogens with two attached hydrogens (primary N) is 1. The highest BCUT2D eigenvalue weighted by Gasteiger charge is 2.62. The predicted octanol–water partition coefficient (Wildman–Crippen LogP) is 4.03. The molecule has 1 saturated heterocycles. The van der Waals surface area contributed by atoms with Gasteiger partial charge < -0.3 is 20.3 Å². The lowest BCUT2D eigenvalue weighted by Crippen LogP contribution is -2.51. The van der Waals surface area contributed by atoms with Crippen LogP contribution in [0.2, 0.25) is 0 Å². The number of fused-ring (bicyclic) bond motifs is 5. The van der Waals surface area contributed by atoms with Gasteiger partial charge in [-0.2, -0.15) is 5.10 Å². The zero-order valence-electron chi connectivity index (χ0n) is 21.0. The highest BCUT2D eigenvalue weighted by Crippen LogP contribution is 2.66. The molecular formula is C29H35N3O3S. The number of nitrogens with zero attached hydrogens (tertiary/aromatic N) is 1. The minimum Gasteiger partial charge on any atom is -0.377 e. The molecule has 6 nitrogen and oxygen atoms in total. The Balaban J connectivity index is 1.45. The molecule has 6 rings (SSSR count). The lowest BCUT2D eigenvalue weighted by atomic mass is 9.51. The molecule has 0 aromatic rings. The third-order valence-electron chi connectivity index (χ3n) is 9.63. The highest BCUT2D eigenvalue weighted by atomic mass is 32.1. The average molecular weight is 506 g/mol. The second kappa shape index (κ2) is 8.95. The van der Waals surface area contributed by atoms with Crippen molar-refractivity contribution in [3.05, 3.63) is 46.6 Å². The molecule has 5 aliphatic carbocycles. The molecule has 2 unspecified atom stereocenters. The molecular weight excluding hydrogens is 470 g/mol. The van der Waals surface area contributed by atoms with Gasteiger partial charge in [0.25, 0.3) is 0 Å². The molecule has 0 bridgehead atoms. The van der Waals surface area contributed by atoms with Crippen molar-refractivity contribution in [1.29, 1.82) is 0 Å². The first-order valence-corrected chi connectivity index (χ1v) is 13.6. The zero-order chi connectivity index (χ0) is 25.1.